The summed E-state index contributed by atoms with van der Waals surface area (Å²) < 4.78 is 68.9. The average molecular weight is 1550 g/mol. The first-order chi connectivity index (χ1) is 51.2. The van der Waals surface area contributed by atoms with Gasteiger partial charge in [0, 0.05) is 25.7 Å². The van der Waals surface area contributed by atoms with E-state index >= 15 is 0 Å². The van der Waals surface area contributed by atoms with Crippen LogP contribution in [0.15, 0.2) is 0 Å². The second-order valence-corrected chi connectivity index (χ2v) is 35.4. The second kappa shape index (κ2) is 75.7. The summed E-state index contributed by atoms with van der Waals surface area (Å²) in [5.74, 6) is 1.13. The molecule has 0 bridgehead atoms. The van der Waals surface area contributed by atoms with Crippen molar-refractivity contribution in [2.45, 2.75) is 472 Å². The number of hydrogen-bond donors (Lipinski definition) is 3. The zero-order chi connectivity index (χ0) is 78.1. The molecule has 0 aliphatic heterocycles. The predicted molar refractivity (Wildman–Crippen MR) is 437 cm³/mol. The van der Waals surface area contributed by atoms with Gasteiger partial charge >= 0.3 is 39.5 Å². The van der Waals surface area contributed by atoms with E-state index in [1.54, 1.807) is 0 Å². The molecule has 0 aliphatic carbocycles. The standard InChI is InChI=1S/C87H170O17P2/c1-9-78(6)64-56-48-40-34-28-22-16-14-12-13-15-17-24-30-36-42-51-59-67-84(89)97-73-82(103-86(91)70-62-54-44-38-32-26-20-21-27-33-39-47-55-63-77(4)5)75-101-105(93,94)99-71-81(88)72-100-106(95,96)102-76-83(74-98-85(90)68-60-52-46-45-50-58-66-80(8)11-3)104-87(92)69-61-53-43-37-31-25-19-18-23-29-35-41-49-57-65-79(7)10-2/h77-83,88H,9-76H2,1-8H3,(H,93,94)(H,95,96)/t78?,79?,80?,81-,82-,83-/m1/s1. The Labute approximate surface area is 651 Å². The molecule has 0 spiro atoms. The topological polar surface area (TPSA) is 237 Å². The molecule has 0 rings (SSSR count). The molecule has 0 fully saturated rings. The van der Waals surface area contributed by atoms with Crippen molar-refractivity contribution >= 4 is 39.5 Å². The van der Waals surface area contributed by atoms with Gasteiger partial charge in [0.25, 0.3) is 0 Å². The van der Waals surface area contributed by atoms with E-state index in [1.807, 2.05) is 0 Å². The maximum Gasteiger partial charge on any atom is 0.472 e. The Balaban J connectivity index is 5.21. The molecule has 19 heteroatoms. The Hall–Kier alpha value is -1.94. The van der Waals surface area contributed by atoms with Crippen molar-refractivity contribution < 1.29 is 80.2 Å². The van der Waals surface area contributed by atoms with Gasteiger partial charge < -0.3 is 33.8 Å². The van der Waals surface area contributed by atoms with E-state index in [-0.39, 0.29) is 25.7 Å². The molecule has 0 saturated carbocycles. The van der Waals surface area contributed by atoms with Gasteiger partial charge in [-0.25, -0.2) is 9.13 Å². The summed E-state index contributed by atoms with van der Waals surface area (Å²) in [6, 6.07) is 0. The first-order valence-electron chi connectivity index (χ1n) is 44.8. The van der Waals surface area contributed by atoms with E-state index in [2.05, 4.69) is 55.4 Å². The zero-order valence-corrected chi connectivity index (χ0v) is 71.9. The van der Waals surface area contributed by atoms with Gasteiger partial charge in [0.05, 0.1) is 26.4 Å². The van der Waals surface area contributed by atoms with Crippen molar-refractivity contribution in [1.82, 2.24) is 0 Å². The number of esters is 4. The van der Waals surface area contributed by atoms with Gasteiger partial charge in [-0.15, -0.1) is 0 Å². The SMILES string of the molecule is CCC(C)CCCCCCCCCCCCCCCCCCCCC(=O)OC[C@H](COP(=O)(O)OC[C@@H](O)COP(=O)(O)OC[C@@H](COC(=O)CCCCCCCCC(C)CC)OC(=O)CCCCCCCCCCCCCCCCC(C)CC)OC(=O)CCCCCCCCCCCCCCCC(C)C. The fraction of sp³-hybridized carbons (Fsp3) is 0.954. The number of phosphoric acid groups is 2. The highest BCUT2D eigenvalue weighted by Gasteiger charge is 2.31. The Morgan fingerprint density at radius 3 is 0.670 bits per heavy atom. The summed E-state index contributed by atoms with van der Waals surface area (Å²) in [5.41, 5.74) is 0. The van der Waals surface area contributed by atoms with Gasteiger partial charge in [0.1, 0.15) is 19.3 Å². The molecule has 3 N–H and O–H groups in total. The number of phosphoric ester groups is 2. The molecule has 5 unspecified atom stereocenters. The van der Waals surface area contributed by atoms with Crippen LogP contribution in [0.2, 0.25) is 0 Å². The first kappa shape index (κ1) is 104. The lowest BCUT2D eigenvalue weighted by Gasteiger charge is -2.21. The summed E-state index contributed by atoms with van der Waals surface area (Å²) in [7, 11) is -9.93. The summed E-state index contributed by atoms with van der Waals surface area (Å²) in [6.45, 7) is 14.4. The van der Waals surface area contributed by atoms with Crippen molar-refractivity contribution in [2.24, 2.45) is 23.7 Å². The van der Waals surface area contributed by atoms with Crippen LogP contribution in [0.25, 0.3) is 0 Å². The van der Waals surface area contributed by atoms with Crippen LogP contribution in [-0.4, -0.2) is 96.7 Å². The monoisotopic (exact) mass is 1550 g/mol. The van der Waals surface area contributed by atoms with Crippen molar-refractivity contribution in [1.29, 1.82) is 0 Å². The quantitative estimate of drug-likeness (QED) is 0.0222. The molecule has 0 amide bonds. The summed E-state index contributed by atoms with van der Waals surface area (Å²) in [5, 5.41) is 10.7. The third kappa shape index (κ3) is 76.1. The van der Waals surface area contributed by atoms with Crippen LogP contribution in [0.5, 0.6) is 0 Å². The van der Waals surface area contributed by atoms with E-state index in [4.69, 9.17) is 37.0 Å². The Morgan fingerprint density at radius 2 is 0.453 bits per heavy atom. The fourth-order valence-corrected chi connectivity index (χ4v) is 15.0. The minimum Gasteiger partial charge on any atom is -0.462 e. The lowest BCUT2D eigenvalue weighted by Crippen LogP contribution is -2.30. The lowest BCUT2D eigenvalue weighted by molar-refractivity contribution is -0.161. The number of ether oxygens (including phenoxy) is 4. The van der Waals surface area contributed by atoms with Gasteiger partial charge in [-0.1, -0.05) is 402 Å². The molecular weight excluding hydrogens is 1380 g/mol. The number of aliphatic hydroxyl groups excluding tert-OH is 1. The van der Waals surface area contributed by atoms with Crippen LogP contribution in [0.3, 0.4) is 0 Å². The van der Waals surface area contributed by atoms with Crippen LogP contribution < -0.4 is 0 Å². The highest BCUT2D eigenvalue weighted by atomic mass is 31.2. The smallest absolute Gasteiger partial charge is 0.462 e. The molecule has 0 radical (unpaired) electrons. The Morgan fingerprint density at radius 1 is 0.264 bits per heavy atom. The maximum absolute atomic E-state index is 13.1. The molecule has 0 aromatic rings. The van der Waals surface area contributed by atoms with E-state index in [1.165, 1.54) is 250 Å². The summed E-state index contributed by atoms with van der Waals surface area (Å²) in [6.07, 6.45) is 65.2. The van der Waals surface area contributed by atoms with E-state index in [9.17, 15) is 43.2 Å². The fourth-order valence-electron chi connectivity index (χ4n) is 13.4. The third-order valence-electron chi connectivity index (χ3n) is 21.4. The highest BCUT2D eigenvalue weighted by molar-refractivity contribution is 7.47. The van der Waals surface area contributed by atoms with Crippen LogP contribution >= 0.6 is 15.6 Å². The van der Waals surface area contributed by atoms with Crippen LogP contribution in [0, 0.1) is 23.7 Å². The minimum atomic E-state index is -4.97. The van der Waals surface area contributed by atoms with Gasteiger partial charge in [0.2, 0.25) is 0 Å². The molecule has 0 saturated heterocycles. The van der Waals surface area contributed by atoms with Crippen LogP contribution in [0.4, 0.5) is 0 Å². The molecule has 630 valence electrons. The van der Waals surface area contributed by atoms with Gasteiger partial charge in [0.15, 0.2) is 12.2 Å². The molecule has 8 atom stereocenters. The highest BCUT2D eigenvalue weighted by Crippen LogP contribution is 2.45. The minimum absolute atomic E-state index is 0.107. The lowest BCUT2D eigenvalue weighted by atomic mass is 9.99. The van der Waals surface area contributed by atoms with E-state index in [0.29, 0.717) is 25.7 Å². The normalized spacial score (nSPS) is 14.7. The molecule has 0 aliphatic rings. The largest absolute Gasteiger partial charge is 0.472 e. The summed E-state index contributed by atoms with van der Waals surface area (Å²) in [4.78, 5) is 73.2. The third-order valence-corrected chi connectivity index (χ3v) is 23.3. The van der Waals surface area contributed by atoms with Gasteiger partial charge in [-0.05, 0) is 49.4 Å². The molecule has 0 aromatic carbocycles. The molecule has 106 heavy (non-hydrogen) atoms. The number of carbonyl (C=O) groups excluding carboxylic acids is 4. The van der Waals surface area contributed by atoms with E-state index < -0.39 is 97.5 Å². The molecule has 17 nitrogen and oxygen atoms in total. The van der Waals surface area contributed by atoms with Crippen molar-refractivity contribution in [3.63, 3.8) is 0 Å². The van der Waals surface area contributed by atoms with Crippen molar-refractivity contribution in [2.75, 3.05) is 39.6 Å². The molecular formula is C87H170O17P2. The maximum atomic E-state index is 13.1. The number of carbonyl (C=O) groups is 4. The van der Waals surface area contributed by atoms with Gasteiger partial charge in [-0.2, -0.15) is 0 Å². The number of unbranched alkanes of at least 4 members (excludes halogenated alkanes) is 47. The summed E-state index contributed by atoms with van der Waals surface area (Å²) >= 11 is 0. The predicted octanol–water partition coefficient (Wildman–Crippen LogP) is 26.3. The van der Waals surface area contributed by atoms with E-state index in [0.717, 1.165) is 120 Å². The number of aliphatic hydroxyl groups is 1. The molecule has 0 heterocycles. The van der Waals surface area contributed by atoms with Crippen LogP contribution in [-0.2, 0) is 65.4 Å². The Bertz CT molecular complexity index is 2060. The number of rotatable bonds is 84. The number of hydrogen-bond acceptors (Lipinski definition) is 15. The molecule has 0 aromatic heterocycles. The Kier molecular flexibility index (Phi) is 74.3. The van der Waals surface area contributed by atoms with Crippen molar-refractivity contribution in [3.8, 4) is 0 Å². The second-order valence-electron chi connectivity index (χ2n) is 32.5. The average Bonchev–Trinajstić information content (AvgIpc) is 0.895. The zero-order valence-electron chi connectivity index (χ0n) is 70.1. The first-order valence-corrected chi connectivity index (χ1v) is 47.8. The van der Waals surface area contributed by atoms with Crippen LogP contribution in [0.1, 0.15) is 453 Å². The van der Waals surface area contributed by atoms with Crippen molar-refractivity contribution in [3.05, 3.63) is 0 Å². The van der Waals surface area contributed by atoms with Gasteiger partial charge in [-0.3, -0.25) is 37.3 Å².